The van der Waals surface area contributed by atoms with Crippen molar-refractivity contribution in [3.8, 4) is 17.0 Å². The lowest BCUT2D eigenvalue weighted by Crippen LogP contribution is -2.47. The number of hydrogen-bond acceptors (Lipinski definition) is 6. The number of aliphatic hydroxyl groups excluding tert-OH is 1. The minimum Gasteiger partial charge on any atom is -0.475 e. The SMILES string of the molecule is Cc1ccc(NC(=O)N2CC3CC3C(C(F)(F)F)C2)cc1-c1cc(OCCO)nc(N2CCOCC2)c1. The van der Waals surface area contributed by atoms with Crippen molar-refractivity contribution < 1.29 is 32.5 Å². The normalized spacial score (nSPS) is 23.4. The van der Waals surface area contributed by atoms with Crippen LogP contribution in [0.3, 0.4) is 0 Å². The van der Waals surface area contributed by atoms with Gasteiger partial charge < -0.3 is 29.7 Å². The average molecular weight is 521 g/mol. The fourth-order valence-corrected chi connectivity index (χ4v) is 5.25. The summed E-state index contributed by atoms with van der Waals surface area (Å²) < 4.78 is 51.4. The number of urea groups is 1. The molecule has 3 aliphatic rings. The summed E-state index contributed by atoms with van der Waals surface area (Å²) in [6.07, 6.45) is -3.78. The molecule has 0 spiro atoms. The van der Waals surface area contributed by atoms with Crippen LogP contribution in [0.5, 0.6) is 5.88 Å². The van der Waals surface area contributed by atoms with E-state index in [0.29, 0.717) is 56.7 Å². The number of carbonyl (C=O) groups excluding carboxylic acids is 1. The number of halogens is 3. The van der Waals surface area contributed by atoms with Gasteiger partial charge in [0.25, 0.3) is 0 Å². The van der Waals surface area contributed by atoms with Gasteiger partial charge in [-0.15, -0.1) is 0 Å². The number of anilines is 2. The number of hydrogen-bond donors (Lipinski definition) is 2. The Morgan fingerprint density at radius 2 is 2.00 bits per heavy atom. The van der Waals surface area contributed by atoms with E-state index in [1.165, 1.54) is 4.90 Å². The number of nitrogens with one attached hydrogen (secondary N) is 1. The highest BCUT2D eigenvalue weighted by Gasteiger charge is 2.58. The lowest BCUT2D eigenvalue weighted by Gasteiger charge is -2.33. The molecule has 2 aliphatic heterocycles. The first-order valence-corrected chi connectivity index (χ1v) is 12.5. The maximum atomic E-state index is 13.4. The zero-order valence-corrected chi connectivity index (χ0v) is 20.6. The minimum absolute atomic E-state index is 0.0764. The highest BCUT2D eigenvalue weighted by atomic mass is 19.4. The van der Waals surface area contributed by atoms with Gasteiger partial charge in [0.1, 0.15) is 12.4 Å². The Morgan fingerprint density at radius 3 is 2.73 bits per heavy atom. The molecule has 3 heterocycles. The Labute approximate surface area is 213 Å². The van der Waals surface area contributed by atoms with E-state index in [1.807, 2.05) is 25.1 Å². The number of morpholine rings is 1. The zero-order chi connectivity index (χ0) is 26.2. The van der Waals surface area contributed by atoms with Gasteiger partial charge in [0.15, 0.2) is 0 Å². The molecule has 5 rings (SSSR count). The van der Waals surface area contributed by atoms with Crippen molar-refractivity contribution in [1.29, 1.82) is 0 Å². The second-order valence-electron chi connectivity index (χ2n) is 9.90. The van der Waals surface area contributed by atoms with Gasteiger partial charge in [-0.05, 0) is 60.1 Å². The zero-order valence-electron chi connectivity index (χ0n) is 20.6. The molecule has 3 atom stereocenters. The Balaban J connectivity index is 1.38. The maximum Gasteiger partial charge on any atom is 0.393 e. The Hall–Kier alpha value is -3.05. The third-order valence-electron chi connectivity index (χ3n) is 7.34. The van der Waals surface area contributed by atoms with Crippen LogP contribution < -0.4 is 15.0 Å². The van der Waals surface area contributed by atoms with E-state index < -0.39 is 18.1 Å². The minimum atomic E-state index is -4.30. The summed E-state index contributed by atoms with van der Waals surface area (Å²) in [6.45, 7) is 4.48. The lowest BCUT2D eigenvalue weighted by molar-refractivity contribution is -0.188. The number of aryl methyl sites for hydroxylation is 1. The molecule has 200 valence electrons. The fraction of sp³-hybridized carbons (Fsp3) is 0.538. The van der Waals surface area contributed by atoms with E-state index in [9.17, 15) is 23.1 Å². The molecule has 1 aromatic heterocycles. The molecule has 11 heteroatoms. The first-order chi connectivity index (χ1) is 17.7. The summed E-state index contributed by atoms with van der Waals surface area (Å²) in [5.41, 5.74) is 3.09. The highest BCUT2D eigenvalue weighted by molar-refractivity contribution is 5.90. The third kappa shape index (κ3) is 5.77. The maximum absolute atomic E-state index is 13.4. The van der Waals surface area contributed by atoms with Crippen LogP contribution >= 0.6 is 0 Å². The predicted molar refractivity (Wildman–Crippen MR) is 132 cm³/mol. The molecule has 3 unspecified atom stereocenters. The number of amides is 2. The van der Waals surface area contributed by atoms with Gasteiger partial charge in [0.2, 0.25) is 5.88 Å². The van der Waals surface area contributed by atoms with E-state index in [1.54, 1.807) is 12.1 Å². The molecule has 3 fully saturated rings. The molecule has 37 heavy (non-hydrogen) atoms. The number of alkyl halides is 3. The van der Waals surface area contributed by atoms with E-state index in [4.69, 9.17) is 9.47 Å². The van der Waals surface area contributed by atoms with Gasteiger partial charge in [-0.3, -0.25) is 0 Å². The summed E-state index contributed by atoms with van der Waals surface area (Å²) >= 11 is 0. The molecule has 2 aromatic rings. The number of likely N-dealkylation sites (tertiary alicyclic amines) is 1. The fourth-order valence-electron chi connectivity index (χ4n) is 5.25. The summed E-state index contributed by atoms with van der Waals surface area (Å²) in [4.78, 5) is 20.9. The molecule has 0 radical (unpaired) electrons. The largest absolute Gasteiger partial charge is 0.475 e. The molecule has 2 saturated heterocycles. The summed E-state index contributed by atoms with van der Waals surface area (Å²) in [5.74, 6) is -0.809. The van der Waals surface area contributed by atoms with E-state index in [2.05, 4.69) is 15.2 Å². The van der Waals surface area contributed by atoms with Crippen LogP contribution in [-0.2, 0) is 4.74 Å². The average Bonchev–Trinajstić information content (AvgIpc) is 3.67. The van der Waals surface area contributed by atoms with Crippen LogP contribution in [0, 0.1) is 24.7 Å². The molecule has 1 saturated carbocycles. The first kappa shape index (κ1) is 25.6. The molecular formula is C26H31F3N4O4. The van der Waals surface area contributed by atoms with Crippen molar-refractivity contribution in [3.05, 3.63) is 35.9 Å². The van der Waals surface area contributed by atoms with Gasteiger partial charge in [-0.25, -0.2) is 4.79 Å². The summed E-state index contributed by atoms with van der Waals surface area (Å²) in [5, 5.41) is 12.0. The molecule has 1 aliphatic carbocycles. The number of piperidine rings is 1. The van der Waals surface area contributed by atoms with Crippen LogP contribution in [0.25, 0.3) is 11.1 Å². The van der Waals surface area contributed by atoms with Crippen molar-refractivity contribution in [1.82, 2.24) is 9.88 Å². The third-order valence-corrected chi connectivity index (χ3v) is 7.34. The number of benzene rings is 1. The van der Waals surface area contributed by atoms with Crippen LogP contribution in [0.2, 0.25) is 0 Å². The second-order valence-corrected chi connectivity index (χ2v) is 9.90. The molecule has 2 amide bonds. The topological polar surface area (TPSA) is 87.2 Å². The van der Waals surface area contributed by atoms with Gasteiger partial charge >= 0.3 is 12.2 Å². The molecular weight excluding hydrogens is 489 g/mol. The van der Waals surface area contributed by atoms with Gasteiger partial charge in [0.05, 0.1) is 25.7 Å². The van der Waals surface area contributed by atoms with Crippen molar-refractivity contribution in [3.63, 3.8) is 0 Å². The number of fused-ring (bicyclic) bond motifs is 1. The van der Waals surface area contributed by atoms with Gasteiger partial charge in [0, 0.05) is 37.9 Å². The Bertz CT molecular complexity index is 1140. The van der Waals surface area contributed by atoms with Gasteiger partial charge in [-0.2, -0.15) is 18.2 Å². The number of pyridine rings is 1. The first-order valence-electron chi connectivity index (χ1n) is 12.5. The quantitative estimate of drug-likeness (QED) is 0.601. The Morgan fingerprint density at radius 1 is 1.22 bits per heavy atom. The van der Waals surface area contributed by atoms with E-state index >= 15 is 0 Å². The van der Waals surface area contributed by atoms with Crippen LogP contribution in [0.4, 0.5) is 29.5 Å². The van der Waals surface area contributed by atoms with Crippen molar-refractivity contribution in [2.75, 3.05) is 62.8 Å². The van der Waals surface area contributed by atoms with Crippen molar-refractivity contribution in [2.45, 2.75) is 19.5 Å². The smallest absolute Gasteiger partial charge is 0.393 e. The molecule has 0 bridgehead atoms. The number of rotatable bonds is 6. The molecule has 2 N–H and O–H groups in total. The van der Waals surface area contributed by atoms with E-state index in [-0.39, 0.29) is 31.6 Å². The number of nitrogens with zero attached hydrogens (tertiary/aromatic N) is 3. The highest BCUT2D eigenvalue weighted by Crippen LogP contribution is 2.53. The second kappa shape index (κ2) is 10.4. The summed E-state index contributed by atoms with van der Waals surface area (Å²) in [7, 11) is 0. The molecule has 8 nitrogen and oxygen atoms in total. The van der Waals surface area contributed by atoms with Crippen LogP contribution in [0.1, 0.15) is 12.0 Å². The van der Waals surface area contributed by atoms with Crippen molar-refractivity contribution in [2.24, 2.45) is 17.8 Å². The predicted octanol–water partition coefficient (Wildman–Crippen LogP) is 3.93. The lowest BCUT2D eigenvalue weighted by atomic mass is 9.97. The Kier molecular flexibility index (Phi) is 7.17. The number of carbonyl (C=O) groups is 1. The van der Waals surface area contributed by atoms with Crippen LogP contribution in [-0.4, -0.2) is 79.8 Å². The van der Waals surface area contributed by atoms with Crippen molar-refractivity contribution >= 4 is 17.5 Å². The monoisotopic (exact) mass is 520 g/mol. The standard InChI is InChI=1S/C26H31F3N4O4/c1-16-2-3-19(30-25(35)33-14-18-10-21(18)22(15-33)26(27,28)29)13-20(16)17-11-23(32-4-7-36-8-5-32)31-24(12-17)37-9-6-34/h2-3,11-13,18,21-22,34H,4-10,14-15H2,1H3,(H,30,35). The summed E-state index contributed by atoms with van der Waals surface area (Å²) in [6, 6.07) is 8.61. The molecule has 1 aromatic carbocycles. The van der Waals surface area contributed by atoms with Gasteiger partial charge in [-0.1, -0.05) is 6.07 Å². The number of aliphatic hydroxyl groups is 1. The number of aromatic nitrogens is 1. The van der Waals surface area contributed by atoms with E-state index in [0.717, 1.165) is 16.7 Å². The van der Waals surface area contributed by atoms with Crippen LogP contribution in [0.15, 0.2) is 30.3 Å². The number of ether oxygens (including phenoxy) is 2.